The van der Waals surface area contributed by atoms with Gasteiger partial charge >= 0.3 is 0 Å². The predicted octanol–water partition coefficient (Wildman–Crippen LogP) is 4.85. The second-order valence-corrected chi connectivity index (χ2v) is 11.1. The van der Waals surface area contributed by atoms with Gasteiger partial charge in [-0.15, -0.1) is 0 Å². The Balaban J connectivity index is 1.71. The Morgan fingerprint density at radius 1 is 1.14 bits per heavy atom. The molecule has 0 spiro atoms. The van der Waals surface area contributed by atoms with Crippen molar-refractivity contribution in [1.82, 2.24) is 4.90 Å². The molecule has 3 rings (SSSR count). The van der Waals surface area contributed by atoms with Crippen LogP contribution in [0.15, 0.2) is 24.3 Å². The molecule has 1 saturated carbocycles. The Kier molecular flexibility index (Phi) is 7.43. The number of hydrogen-bond acceptors (Lipinski definition) is 3. The van der Waals surface area contributed by atoms with Crippen LogP contribution in [0.2, 0.25) is 5.02 Å². The average Bonchev–Trinajstić information content (AvgIpc) is 3.05. The first-order valence-electron chi connectivity index (χ1n) is 10.6. The molecule has 0 N–H and O–H groups in total. The number of carbonyl (C=O) groups is 1. The molecule has 0 unspecified atom stereocenters. The lowest BCUT2D eigenvalue weighted by Crippen LogP contribution is -2.44. The molecule has 1 aliphatic heterocycles. The van der Waals surface area contributed by atoms with Crippen molar-refractivity contribution < 1.29 is 13.2 Å². The predicted molar refractivity (Wildman–Crippen MR) is 114 cm³/mol. The van der Waals surface area contributed by atoms with Gasteiger partial charge in [0, 0.05) is 23.5 Å². The molecular formula is C22H32ClNO3S. The van der Waals surface area contributed by atoms with Crippen LogP contribution < -0.4 is 0 Å². The Morgan fingerprint density at radius 2 is 1.86 bits per heavy atom. The van der Waals surface area contributed by atoms with Gasteiger partial charge in [-0.3, -0.25) is 4.79 Å². The monoisotopic (exact) mass is 425 g/mol. The van der Waals surface area contributed by atoms with E-state index in [1.165, 1.54) is 19.3 Å². The summed E-state index contributed by atoms with van der Waals surface area (Å²) in [6, 6.07) is 7.30. The maximum Gasteiger partial charge on any atom is 0.226 e. The molecule has 1 heterocycles. The molecule has 2 aliphatic rings. The van der Waals surface area contributed by atoms with Crippen molar-refractivity contribution in [2.75, 3.05) is 11.5 Å². The molecule has 0 aromatic heterocycles. The molecule has 2 fully saturated rings. The van der Waals surface area contributed by atoms with E-state index in [0.29, 0.717) is 18.0 Å². The summed E-state index contributed by atoms with van der Waals surface area (Å²) in [7, 11) is -3.05. The van der Waals surface area contributed by atoms with Crippen molar-refractivity contribution in [2.45, 2.75) is 70.9 Å². The Labute approximate surface area is 174 Å². The van der Waals surface area contributed by atoms with Gasteiger partial charge in [-0.2, -0.15) is 0 Å². The molecule has 6 heteroatoms. The molecule has 1 aromatic carbocycles. The molecule has 0 bridgehead atoms. The van der Waals surface area contributed by atoms with Gasteiger partial charge in [0.2, 0.25) is 5.91 Å². The van der Waals surface area contributed by atoms with E-state index in [9.17, 15) is 13.2 Å². The maximum atomic E-state index is 13.4. The molecule has 28 heavy (non-hydrogen) atoms. The Hall–Kier alpha value is -1.07. The van der Waals surface area contributed by atoms with Crippen LogP contribution in [-0.2, 0) is 21.2 Å². The van der Waals surface area contributed by atoms with Gasteiger partial charge in [0.15, 0.2) is 9.84 Å². The van der Waals surface area contributed by atoms with Crippen molar-refractivity contribution in [3.63, 3.8) is 0 Å². The summed E-state index contributed by atoms with van der Waals surface area (Å²) in [6.45, 7) is 2.62. The van der Waals surface area contributed by atoms with Crippen LogP contribution in [0.5, 0.6) is 0 Å². The van der Waals surface area contributed by atoms with Gasteiger partial charge in [0.1, 0.15) is 0 Å². The molecule has 1 aliphatic carbocycles. The van der Waals surface area contributed by atoms with Crippen molar-refractivity contribution >= 4 is 27.3 Å². The van der Waals surface area contributed by atoms with Crippen LogP contribution in [0.4, 0.5) is 0 Å². The lowest BCUT2D eigenvalue weighted by Gasteiger charge is -2.35. The second kappa shape index (κ2) is 9.62. The summed E-state index contributed by atoms with van der Waals surface area (Å²) < 4.78 is 24.1. The number of unbranched alkanes of at least 4 members (excludes halogenated alkanes) is 1. The highest BCUT2D eigenvalue weighted by molar-refractivity contribution is 7.91. The van der Waals surface area contributed by atoms with Crippen molar-refractivity contribution in [2.24, 2.45) is 11.8 Å². The van der Waals surface area contributed by atoms with E-state index in [1.54, 1.807) is 0 Å². The van der Waals surface area contributed by atoms with E-state index in [0.717, 1.165) is 37.2 Å². The summed E-state index contributed by atoms with van der Waals surface area (Å²) in [6.07, 6.45) is 8.35. The van der Waals surface area contributed by atoms with Crippen LogP contribution in [0.25, 0.3) is 0 Å². The van der Waals surface area contributed by atoms with Crippen LogP contribution >= 0.6 is 11.6 Å². The zero-order chi connectivity index (χ0) is 20.1. The number of benzene rings is 1. The van der Waals surface area contributed by atoms with Gasteiger partial charge in [-0.05, 0) is 49.7 Å². The smallest absolute Gasteiger partial charge is 0.226 e. The maximum absolute atomic E-state index is 13.4. The van der Waals surface area contributed by atoms with E-state index in [-0.39, 0.29) is 29.4 Å². The van der Waals surface area contributed by atoms with Gasteiger partial charge in [-0.25, -0.2) is 8.42 Å². The summed E-state index contributed by atoms with van der Waals surface area (Å²) in [5, 5.41) is 0.629. The zero-order valence-corrected chi connectivity index (χ0v) is 18.4. The number of halogens is 1. The highest BCUT2D eigenvalue weighted by Gasteiger charge is 2.38. The highest BCUT2D eigenvalue weighted by atomic mass is 35.5. The van der Waals surface area contributed by atoms with Crippen LogP contribution in [0.1, 0.15) is 63.9 Å². The molecule has 0 radical (unpaired) electrons. The van der Waals surface area contributed by atoms with Crippen LogP contribution in [0, 0.1) is 11.8 Å². The summed E-state index contributed by atoms with van der Waals surface area (Å²) >= 11 is 6.33. The molecule has 1 amide bonds. The largest absolute Gasteiger partial charge is 0.334 e. The number of sulfone groups is 1. The quantitative estimate of drug-likeness (QED) is 0.627. The third-order valence-corrected chi connectivity index (χ3v) is 8.51. The molecule has 1 atom stereocenters. The van der Waals surface area contributed by atoms with Gasteiger partial charge in [-0.1, -0.05) is 56.0 Å². The fourth-order valence-corrected chi connectivity index (χ4v) is 6.57. The summed E-state index contributed by atoms with van der Waals surface area (Å²) in [4.78, 5) is 15.2. The number of nitrogens with zero attached hydrogens (tertiary/aromatic N) is 1. The topological polar surface area (TPSA) is 54.5 Å². The normalized spacial score (nSPS) is 26.9. The van der Waals surface area contributed by atoms with Gasteiger partial charge in [0.05, 0.1) is 11.5 Å². The van der Waals surface area contributed by atoms with Crippen molar-refractivity contribution in [1.29, 1.82) is 0 Å². The number of hydrogen-bond donors (Lipinski definition) is 0. The van der Waals surface area contributed by atoms with E-state index < -0.39 is 9.84 Å². The van der Waals surface area contributed by atoms with E-state index in [1.807, 2.05) is 29.2 Å². The SMILES string of the molecule is CCCCC1CCC(C(=O)N(Cc2ccccc2Cl)[C@H]2CCS(=O)(=O)C2)CC1. The van der Waals surface area contributed by atoms with Crippen molar-refractivity contribution in [3.05, 3.63) is 34.9 Å². The molecule has 1 aromatic rings. The minimum atomic E-state index is -3.05. The van der Waals surface area contributed by atoms with Crippen LogP contribution in [0.3, 0.4) is 0 Å². The van der Waals surface area contributed by atoms with E-state index >= 15 is 0 Å². The Bertz CT molecular complexity index is 772. The van der Waals surface area contributed by atoms with Crippen LogP contribution in [-0.4, -0.2) is 36.8 Å². The van der Waals surface area contributed by atoms with E-state index in [4.69, 9.17) is 11.6 Å². The first kappa shape index (κ1) is 21.6. The molecular weight excluding hydrogens is 394 g/mol. The number of rotatable bonds is 7. The summed E-state index contributed by atoms with van der Waals surface area (Å²) in [5.74, 6) is 1.13. The Morgan fingerprint density at radius 3 is 2.46 bits per heavy atom. The highest BCUT2D eigenvalue weighted by Crippen LogP contribution is 2.34. The molecule has 4 nitrogen and oxygen atoms in total. The minimum absolute atomic E-state index is 0.0173. The minimum Gasteiger partial charge on any atom is -0.334 e. The average molecular weight is 426 g/mol. The second-order valence-electron chi connectivity index (χ2n) is 8.47. The van der Waals surface area contributed by atoms with Gasteiger partial charge in [0.25, 0.3) is 0 Å². The third-order valence-electron chi connectivity index (χ3n) is 6.39. The fourth-order valence-electron chi connectivity index (χ4n) is 4.64. The number of amides is 1. The lowest BCUT2D eigenvalue weighted by molar-refractivity contribution is -0.139. The zero-order valence-electron chi connectivity index (χ0n) is 16.8. The van der Waals surface area contributed by atoms with Gasteiger partial charge < -0.3 is 4.90 Å². The standard InChI is InChI=1S/C22H32ClNO3S/c1-2-3-6-17-9-11-18(12-10-17)22(25)24(20-13-14-28(26,27)16-20)15-19-7-4-5-8-21(19)23/h4-5,7-8,17-18,20H,2-3,6,9-16H2,1H3/t17?,18?,20-/m0/s1. The first-order chi connectivity index (χ1) is 13.4. The molecule has 156 valence electrons. The van der Waals surface area contributed by atoms with E-state index in [2.05, 4.69) is 6.92 Å². The third kappa shape index (κ3) is 5.50. The van der Waals surface area contributed by atoms with Crippen molar-refractivity contribution in [3.8, 4) is 0 Å². The first-order valence-corrected chi connectivity index (χ1v) is 12.8. The summed E-state index contributed by atoms with van der Waals surface area (Å²) in [5.41, 5.74) is 0.887. The fraction of sp³-hybridized carbons (Fsp3) is 0.682. The molecule has 1 saturated heterocycles. The number of carbonyl (C=O) groups excluding carboxylic acids is 1. The lowest BCUT2D eigenvalue weighted by atomic mass is 9.79.